The van der Waals surface area contributed by atoms with Crippen molar-refractivity contribution in [3.63, 3.8) is 0 Å². The van der Waals surface area contributed by atoms with Crippen LogP contribution in [-0.4, -0.2) is 15.6 Å². The highest BCUT2D eigenvalue weighted by atomic mass is 35.5. The second kappa shape index (κ2) is 2.60. The fraction of sp³-hybridized carbons (Fsp3) is 0. The van der Waals surface area contributed by atoms with Crippen molar-refractivity contribution in [2.75, 3.05) is 0 Å². The number of aromatic nitrogens is 2. The highest BCUT2D eigenvalue weighted by molar-refractivity contribution is 6.32. The van der Waals surface area contributed by atoms with Crippen LogP contribution in [0.4, 0.5) is 0 Å². The van der Waals surface area contributed by atoms with E-state index in [0.717, 1.165) is 11.9 Å². The lowest BCUT2D eigenvalue weighted by atomic mass is 10.4. The zero-order chi connectivity index (χ0) is 8.55. The Hall–Kier alpha value is -1.35. The first-order chi connectivity index (χ1) is 5.83. The Labute approximate surface area is 74.1 Å². The molecule has 0 atom stereocenters. The SMILES string of the molecule is [N]=Cc1c(Cl)nc2ccccn12. The van der Waals surface area contributed by atoms with Gasteiger partial charge in [-0.15, -0.1) is 0 Å². The van der Waals surface area contributed by atoms with Gasteiger partial charge in [-0.25, -0.2) is 4.98 Å². The maximum absolute atomic E-state index is 8.84. The zero-order valence-corrected chi connectivity index (χ0v) is 6.86. The van der Waals surface area contributed by atoms with Gasteiger partial charge >= 0.3 is 0 Å². The summed E-state index contributed by atoms with van der Waals surface area (Å²) < 4.78 is 1.71. The lowest BCUT2D eigenvalue weighted by Gasteiger charge is -1.92. The first kappa shape index (κ1) is 7.31. The fourth-order valence-corrected chi connectivity index (χ4v) is 1.33. The summed E-state index contributed by atoms with van der Waals surface area (Å²) in [5, 5.41) is 9.14. The Morgan fingerprint density at radius 3 is 3.08 bits per heavy atom. The van der Waals surface area contributed by atoms with E-state index in [1.54, 1.807) is 10.6 Å². The molecule has 0 N–H and O–H groups in total. The number of pyridine rings is 1. The van der Waals surface area contributed by atoms with Crippen LogP contribution in [0.1, 0.15) is 5.69 Å². The van der Waals surface area contributed by atoms with Gasteiger partial charge in [0.1, 0.15) is 11.3 Å². The van der Waals surface area contributed by atoms with Crippen LogP contribution in [0.25, 0.3) is 5.65 Å². The molecule has 12 heavy (non-hydrogen) atoms. The molecular weight excluding hydrogens is 174 g/mol. The van der Waals surface area contributed by atoms with Crippen LogP contribution in [0, 0.1) is 0 Å². The molecule has 2 heterocycles. The Balaban J connectivity index is 2.90. The zero-order valence-electron chi connectivity index (χ0n) is 6.11. The summed E-state index contributed by atoms with van der Waals surface area (Å²) in [4.78, 5) is 4.02. The van der Waals surface area contributed by atoms with E-state index in [0.29, 0.717) is 10.8 Å². The molecule has 0 amide bonds. The molecule has 1 radical (unpaired) electrons. The maximum atomic E-state index is 8.84. The molecular formula is C8H5ClN3. The summed E-state index contributed by atoms with van der Waals surface area (Å²) >= 11 is 5.74. The van der Waals surface area contributed by atoms with Gasteiger partial charge in [0.25, 0.3) is 0 Å². The van der Waals surface area contributed by atoms with Gasteiger partial charge in [0.05, 0.1) is 6.21 Å². The Morgan fingerprint density at radius 2 is 2.33 bits per heavy atom. The van der Waals surface area contributed by atoms with Gasteiger partial charge in [0.2, 0.25) is 0 Å². The third-order valence-electron chi connectivity index (χ3n) is 1.64. The molecule has 0 aromatic carbocycles. The second-order valence-electron chi connectivity index (χ2n) is 2.35. The largest absolute Gasteiger partial charge is 0.297 e. The van der Waals surface area contributed by atoms with E-state index >= 15 is 0 Å². The molecule has 2 aromatic rings. The minimum atomic E-state index is 0.309. The molecule has 4 heteroatoms. The predicted octanol–water partition coefficient (Wildman–Crippen LogP) is 1.21. The summed E-state index contributed by atoms with van der Waals surface area (Å²) in [7, 11) is 0. The van der Waals surface area contributed by atoms with Crippen LogP contribution in [0.15, 0.2) is 24.4 Å². The van der Waals surface area contributed by atoms with Crippen LogP contribution >= 0.6 is 11.6 Å². The summed E-state index contributed by atoms with van der Waals surface area (Å²) in [5.74, 6) is 0. The van der Waals surface area contributed by atoms with Crippen molar-refractivity contribution in [2.45, 2.75) is 0 Å². The van der Waals surface area contributed by atoms with E-state index in [2.05, 4.69) is 4.98 Å². The number of imidazole rings is 1. The summed E-state index contributed by atoms with van der Waals surface area (Å²) in [5.41, 5.74) is 1.23. The van der Waals surface area contributed by atoms with Gasteiger partial charge < -0.3 is 0 Å². The highest BCUT2D eigenvalue weighted by Crippen LogP contribution is 2.14. The normalized spacial score (nSPS) is 10.4. The van der Waals surface area contributed by atoms with Crippen LogP contribution in [0.5, 0.6) is 0 Å². The fourth-order valence-electron chi connectivity index (χ4n) is 1.10. The molecule has 0 bridgehead atoms. The van der Waals surface area contributed by atoms with Crippen molar-refractivity contribution in [3.8, 4) is 0 Å². The van der Waals surface area contributed by atoms with Crippen molar-refractivity contribution >= 4 is 23.5 Å². The van der Waals surface area contributed by atoms with E-state index < -0.39 is 0 Å². The van der Waals surface area contributed by atoms with E-state index in [9.17, 15) is 0 Å². The third kappa shape index (κ3) is 0.905. The lowest BCUT2D eigenvalue weighted by Crippen LogP contribution is -1.90. The molecule has 0 aliphatic rings. The van der Waals surface area contributed by atoms with Gasteiger partial charge in [0, 0.05) is 6.20 Å². The minimum absolute atomic E-state index is 0.309. The van der Waals surface area contributed by atoms with E-state index in [1.165, 1.54) is 0 Å². The molecule has 0 unspecified atom stereocenters. The lowest BCUT2D eigenvalue weighted by molar-refractivity contribution is 1.17. The first-order valence-electron chi connectivity index (χ1n) is 3.43. The number of halogens is 1. The Morgan fingerprint density at radius 1 is 1.50 bits per heavy atom. The third-order valence-corrected chi connectivity index (χ3v) is 1.92. The Kier molecular flexibility index (Phi) is 1.59. The van der Waals surface area contributed by atoms with Crippen molar-refractivity contribution < 1.29 is 0 Å². The Bertz CT molecular complexity index is 433. The van der Waals surface area contributed by atoms with Crippen molar-refractivity contribution in [1.29, 1.82) is 0 Å². The van der Waals surface area contributed by atoms with Gasteiger partial charge in [-0.3, -0.25) is 4.40 Å². The van der Waals surface area contributed by atoms with E-state index in [4.69, 9.17) is 17.0 Å². The molecule has 0 saturated carbocycles. The number of rotatable bonds is 1. The summed E-state index contributed by atoms with van der Waals surface area (Å²) in [6.45, 7) is 0. The smallest absolute Gasteiger partial charge is 0.157 e. The second-order valence-corrected chi connectivity index (χ2v) is 2.70. The monoisotopic (exact) mass is 178 g/mol. The highest BCUT2D eigenvalue weighted by Gasteiger charge is 2.05. The standard InChI is InChI=1S/C8H5ClN3/c9-8-6(5-10)12-4-2-1-3-7(12)11-8/h1-5H. The van der Waals surface area contributed by atoms with Crippen molar-refractivity contribution in [2.24, 2.45) is 0 Å². The van der Waals surface area contributed by atoms with Crippen LogP contribution in [0.2, 0.25) is 5.15 Å². The van der Waals surface area contributed by atoms with Crippen LogP contribution in [0.3, 0.4) is 0 Å². The molecule has 0 fully saturated rings. The number of fused-ring (bicyclic) bond motifs is 1. The first-order valence-corrected chi connectivity index (χ1v) is 3.81. The average Bonchev–Trinajstić information content (AvgIpc) is 2.40. The summed E-state index contributed by atoms with van der Waals surface area (Å²) in [6.07, 6.45) is 2.73. The molecule has 0 spiro atoms. The van der Waals surface area contributed by atoms with Gasteiger partial charge in [0.15, 0.2) is 5.15 Å². The van der Waals surface area contributed by atoms with Crippen molar-refractivity contribution in [1.82, 2.24) is 14.8 Å². The van der Waals surface area contributed by atoms with Gasteiger partial charge in [-0.05, 0) is 12.1 Å². The van der Waals surface area contributed by atoms with E-state index in [-0.39, 0.29) is 0 Å². The number of nitrogens with zero attached hydrogens (tertiary/aromatic N) is 3. The molecule has 59 valence electrons. The maximum Gasteiger partial charge on any atom is 0.157 e. The molecule has 0 saturated heterocycles. The van der Waals surface area contributed by atoms with E-state index in [1.807, 2.05) is 18.2 Å². The summed E-state index contributed by atoms with van der Waals surface area (Å²) in [6, 6.07) is 5.52. The predicted molar refractivity (Wildman–Crippen MR) is 47.5 cm³/mol. The molecule has 0 aliphatic heterocycles. The van der Waals surface area contributed by atoms with Gasteiger partial charge in [-0.1, -0.05) is 17.7 Å². The number of hydrogen-bond donors (Lipinski definition) is 0. The molecule has 0 aliphatic carbocycles. The number of hydrogen-bond acceptors (Lipinski definition) is 1. The van der Waals surface area contributed by atoms with Crippen LogP contribution in [-0.2, 0) is 0 Å². The van der Waals surface area contributed by atoms with Crippen LogP contribution < -0.4 is 5.41 Å². The quantitative estimate of drug-likeness (QED) is 0.605. The molecule has 3 nitrogen and oxygen atoms in total. The molecule has 2 rings (SSSR count). The average molecular weight is 179 g/mol. The minimum Gasteiger partial charge on any atom is -0.297 e. The van der Waals surface area contributed by atoms with Crippen molar-refractivity contribution in [3.05, 3.63) is 35.2 Å². The topological polar surface area (TPSA) is 39.6 Å². The molecule has 2 aromatic heterocycles. The van der Waals surface area contributed by atoms with Gasteiger partial charge in [-0.2, -0.15) is 5.41 Å².